The van der Waals surface area contributed by atoms with Gasteiger partial charge in [-0.3, -0.25) is 10.1 Å². The predicted molar refractivity (Wildman–Crippen MR) is 136 cm³/mol. The predicted octanol–water partition coefficient (Wildman–Crippen LogP) is 5.32. The number of alkyl carbamates (subject to hydrolysis) is 1. The van der Waals surface area contributed by atoms with E-state index in [1.165, 1.54) is 0 Å². The lowest BCUT2D eigenvalue weighted by Gasteiger charge is -2.29. The quantitative estimate of drug-likeness (QED) is 0.216. The summed E-state index contributed by atoms with van der Waals surface area (Å²) in [5.74, 6) is -0.847. The zero-order valence-electron chi connectivity index (χ0n) is 21.5. The Morgan fingerprint density at radius 3 is 2.19 bits per heavy atom. The van der Waals surface area contributed by atoms with Gasteiger partial charge in [0, 0.05) is 12.1 Å². The minimum atomic E-state index is -4.28. The van der Waals surface area contributed by atoms with E-state index in [1.54, 1.807) is 41.5 Å². The SMILES string of the molecule is Cc1cccc(C(NC(=O)OC(C)(C)C)C(C)C(=NS(=O)(=O)c2ccc([N+](=O)[O-])cc2)OC(C)C)c1. The molecule has 11 heteroatoms. The molecular formula is C25H33N3O7S. The van der Waals surface area contributed by atoms with Crippen LogP contribution >= 0.6 is 0 Å². The Morgan fingerprint density at radius 2 is 1.69 bits per heavy atom. The second-order valence-electron chi connectivity index (χ2n) is 9.65. The fourth-order valence-corrected chi connectivity index (χ4v) is 4.33. The molecule has 10 nitrogen and oxygen atoms in total. The molecule has 0 fully saturated rings. The van der Waals surface area contributed by atoms with Crippen LogP contribution < -0.4 is 5.32 Å². The van der Waals surface area contributed by atoms with Crippen LogP contribution in [0, 0.1) is 23.0 Å². The lowest BCUT2D eigenvalue weighted by Crippen LogP contribution is -2.40. The third-order valence-corrected chi connectivity index (χ3v) is 6.16. The number of ether oxygens (including phenoxy) is 2. The van der Waals surface area contributed by atoms with Crippen LogP contribution in [0.1, 0.15) is 58.7 Å². The zero-order chi connectivity index (χ0) is 27.3. The van der Waals surface area contributed by atoms with Gasteiger partial charge in [-0.2, -0.15) is 8.42 Å². The van der Waals surface area contributed by atoms with Crippen LogP contribution in [0.5, 0.6) is 0 Å². The summed E-state index contributed by atoms with van der Waals surface area (Å²) in [6.07, 6.45) is -1.10. The van der Waals surface area contributed by atoms with Crippen molar-refractivity contribution >= 4 is 27.7 Å². The van der Waals surface area contributed by atoms with E-state index in [1.807, 2.05) is 31.2 Å². The highest BCUT2D eigenvalue weighted by Crippen LogP contribution is 2.28. The fraction of sp³-hybridized carbons (Fsp3) is 0.440. The molecule has 0 saturated heterocycles. The molecule has 2 unspecified atom stereocenters. The standard InChI is InChI=1S/C25H33N3O7S/c1-16(2)34-23(27-36(32,33)21-13-11-20(12-14-21)28(30)31)18(4)22(19-10-8-9-17(3)15-19)26-24(29)35-25(5,6)7/h8-16,18,22H,1-7H3,(H,26,29). The summed E-state index contributed by atoms with van der Waals surface area (Å²) in [5.41, 5.74) is 0.666. The third kappa shape index (κ3) is 8.33. The maximum atomic E-state index is 13.1. The van der Waals surface area contributed by atoms with E-state index in [0.29, 0.717) is 5.56 Å². The van der Waals surface area contributed by atoms with E-state index < -0.39 is 44.7 Å². The molecule has 196 valence electrons. The monoisotopic (exact) mass is 519 g/mol. The molecule has 0 aliphatic carbocycles. The van der Waals surface area contributed by atoms with Crippen molar-refractivity contribution in [1.82, 2.24) is 5.32 Å². The van der Waals surface area contributed by atoms with Crippen molar-refractivity contribution in [2.45, 2.75) is 71.1 Å². The molecule has 1 amide bonds. The van der Waals surface area contributed by atoms with Crippen molar-refractivity contribution in [3.05, 3.63) is 69.8 Å². The number of nitrogens with zero attached hydrogens (tertiary/aromatic N) is 2. The van der Waals surface area contributed by atoms with Crippen molar-refractivity contribution < 1.29 is 27.6 Å². The average molecular weight is 520 g/mol. The number of sulfonamides is 1. The van der Waals surface area contributed by atoms with Crippen LogP contribution in [0.3, 0.4) is 0 Å². The molecule has 1 N–H and O–H groups in total. The molecule has 0 aromatic heterocycles. The number of hydrogen-bond acceptors (Lipinski definition) is 7. The minimum absolute atomic E-state index is 0.120. The lowest BCUT2D eigenvalue weighted by atomic mass is 9.93. The highest BCUT2D eigenvalue weighted by Gasteiger charge is 2.31. The normalized spacial score (nSPS) is 14.2. The van der Waals surface area contributed by atoms with Gasteiger partial charge < -0.3 is 14.8 Å². The van der Waals surface area contributed by atoms with E-state index in [0.717, 1.165) is 29.8 Å². The molecule has 2 aromatic rings. The number of benzene rings is 2. The van der Waals surface area contributed by atoms with E-state index >= 15 is 0 Å². The summed E-state index contributed by atoms with van der Waals surface area (Å²) in [5, 5.41) is 13.7. The number of nitro groups is 1. The first kappa shape index (κ1) is 28.8. The van der Waals surface area contributed by atoms with Crippen LogP contribution in [0.25, 0.3) is 0 Å². The highest BCUT2D eigenvalue weighted by atomic mass is 32.2. The number of carbonyl (C=O) groups is 1. The molecule has 0 saturated carbocycles. The first-order chi connectivity index (χ1) is 16.6. The van der Waals surface area contributed by atoms with Gasteiger partial charge in [0.05, 0.1) is 27.9 Å². The summed E-state index contributed by atoms with van der Waals surface area (Å²) in [6, 6.07) is 11.1. The average Bonchev–Trinajstić information content (AvgIpc) is 2.75. The molecule has 2 atom stereocenters. The summed E-state index contributed by atoms with van der Waals surface area (Å²) in [4.78, 5) is 22.8. The lowest BCUT2D eigenvalue weighted by molar-refractivity contribution is -0.384. The van der Waals surface area contributed by atoms with Crippen LogP contribution in [0.4, 0.5) is 10.5 Å². The number of nitrogens with one attached hydrogen (secondary N) is 1. The molecule has 0 aliphatic heterocycles. The van der Waals surface area contributed by atoms with E-state index in [4.69, 9.17) is 9.47 Å². The van der Waals surface area contributed by atoms with Gasteiger partial charge in [0.15, 0.2) is 0 Å². The number of rotatable bonds is 8. The number of non-ortho nitro benzene ring substituents is 1. The molecule has 0 heterocycles. The topological polar surface area (TPSA) is 137 Å². The Labute approximate surface area is 211 Å². The van der Waals surface area contributed by atoms with Gasteiger partial charge in [-0.1, -0.05) is 36.8 Å². The summed E-state index contributed by atoms with van der Waals surface area (Å²) in [7, 11) is -4.28. The zero-order valence-corrected chi connectivity index (χ0v) is 22.3. The maximum Gasteiger partial charge on any atom is 0.408 e. The molecule has 0 radical (unpaired) electrons. The number of aryl methyl sites for hydroxylation is 1. The molecular weight excluding hydrogens is 486 g/mol. The Hall–Kier alpha value is -3.47. The number of nitro benzene ring substituents is 1. The number of carbonyl (C=O) groups excluding carboxylic acids is 1. The fourth-order valence-electron chi connectivity index (χ4n) is 3.30. The molecule has 36 heavy (non-hydrogen) atoms. The summed E-state index contributed by atoms with van der Waals surface area (Å²) < 4.78 is 41.4. The van der Waals surface area contributed by atoms with Gasteiger partial charge in [-0.15, -0.1) is 4.40 Å². The van der Waals surface area contributed by atoms with E-state index in [2.05, 4.69) is 9.71 Å². The minimum Gasteiger partial charge on any atom is -0.477 e. The van der Waals surface area contributed by atoms with E-state index in [9.17, 15) is 23.3 Å². The number of amides is 1. The highest BCUT2D eigenvalue weighted by molar-refractivity contribution is 7.90. The van der Waals surface area contributed by atoms with Gasteiger partial charge in [0.25, 0.3) is 15.7 Å². The van der Waals surface area contributed by atoms with Gasteiger partial charge in [0.2, 0.25) is 5.90 Å². The smallest absolute Gasteiger partial charge is 0.408 e. The van der Waals surface area contributed by atoms with Gasteiger partial charge in [0.1, 0.15) is 5.60 Å². The van der Waals surface area contributed by atoms with Crippen LogP contribution in [0.15, 0.2) is 57.8 Å². The summed E-state index contributed by atoms with van der Waals surface area (Å²) in [6.45, 7) is 12.3. The van der Waals surface area contributed by atoms with Gasteiger partial charge in [-0.25, -0.2) is 4.79 Å². The molecule has 2 aromatic carbocycles. The first-order valence-electron chi connectivity index (χ1n) is 11.4. The van der Waals surface area contributed by atoms with Crippen LogP contribution in [0.2, 0.25) is 0 Å². The Balaban J connectivity index is 2.54. The van der Waals surface area contributed by atoms with Crippen molar-refractivity contribution in [1.29, 1.82) is 0 Å². The van der Waals surface area contributed by atoms with Crippen molar-refractivity contribution in [2.24, 2.45) is 10.3 Å². The van der Waals surface area contributed by atoms with Crippen LogP contribution in [-0.2, 0) is 19.5 Å². The maximum absolute atomic E-state index is 13.1. The first-order valence-corrected chi connectivity index (χ1v) is 12.8. The second-order valence-corrected chi connectivity index (χ2v) is 11.3. The molecule has 0 spiro atoms. The van der Waals surface area contributed by atoms with Crippen molar-refractivity contribution in [2.75, 3.05) is 0 Å². The second kappa shape index (κ2) is 11.5. The van der Waals surface area contributed by atoms with Gasteiger partial charge in [-0.05, 0) is 59.2 Å². The molecule has 0 aliphatic rings. The third-order valence-electron chi connectivity index (χ3n) is 4.88. The van der Waals surface area contributed by atoms with E-state index in [-0.39, 0.29) is 16.5 Å². The van der Waals surface area contributed by atoms with Crippen molar-refractivity contribution in [3.63, 3.8) is 0 Å². The van der Waals surface area contributed by atoms with Gasteiger partial charge >= 0.3 is 6.09 Å². The van der Waals surface area contributed by atoms with Crippen molar-refractivity contribution in [3.8, 4) is 0 Å². The summed E-state index contributed by atoms with van der Waals surface area (Å²) >= 11 is 0. The van der Waals surface area contributed by atoms with Crippen LogP contribution in [-0.4, -0.2) is 37.0 Å². The largest absolute Gasteiger partial charge is 0.477 e. The molecule has 0 bridgehead atoms. The number of hydrogen-bond donors (Lipinski definition) is 1. The Morgan fingerprint density at radius 1 is 1.08 bits per heavy atom. The molecule has 2 rings (SSSR count). The Bertz CT molecular complexity index is 1220. The Kier molecular flexibility index (Phi) is 9.20.